The molecule has 3 unspecified atom stereocenters. The van der Waals surface area contributed by atoms with Gasteiger partial charge in [-0.2, -0.15) is 0 Å². The molecule has 1 amide bonds. The highest BCUT2D eigenvalue weighted by molar-refractivity contribution is 7.12. The highest BCUT2D eigenvalue weighted by atomic mass is 32.1. The van der Waals surface area contributed by atoms with Gasteiger partial charge < -0.3 is 14.8 Å². The van der Waals surface area contributed by atoms with Crippen LogP contribution >= 0.6 is 11.3 Å². The molecule has 3 aromatic carbocycles. The number of methoxy groups -OCH3 is 2. The number of para-hydroxylation sites is 2. The van der Waals surface area contributed by atoms with Crippen molar-refractivity contribution in [3.63, 3.8) is 0 Å². The molecule has 0 radical (unpaired) electrons. The van der Waals surface area contributed by atoms with Gasteiger partial charge in [0.05, 0.1) is 42.4 Å². The molecule has 3 atom stereocenters. The lowest BCUT2D eigenvalue weighted by Gasteiger charge is -2.37. The van der Waals surface area contributed by atoms with Crippen molar-refractivity contribution in [2.24, 2.45) is 5.92 Å². The van der Waals surface area contributed by atoms with Gasteiger partial charge in [-0.05, 0) is 59.0 Å². The summed E-state index contributed by atoms with van der Waals surface area (Å²) in [6.45, 7) is 0. The van der Waals surface area contributed by atoms with Gasteiger partial charge in [0.25, 0.3) is 5.91 Å². The lowest BCUT2D eigenvalue weighted by molar-refractivity contribution is -0.123. The number of benzene rings is 3. The van der Waals surface area contributed by atoms with Crippen LogP contribution in [0.5, 0.6) is 11.5 Å². The maximum Gasteiger partial charge on any atom is 0.269 e. The molecule has 4 aromatic rings. The van der Waals surface area contributed by atoms with Crippen LogP contribution in [-0.4, -0.2) is 25.9 Å². The molecule has 6 rings (SSSR count). The van der Waals surface area contributed by atoms with Crippen molar-refractivity contribution in [2.75, 3.05) is 24.4 Å². The van der Waals surface area contributed by atoms with Gasteiger partial charge >= 0.3 is 0 Å². The Labute approximate surface area is 235 Å². The first kappa shape index (κ1) is 25.8. The maximum absolute atomic E-state index is 14.2. The lowest BCUT2D eigenvalue weighted by Crippen LogP contribution is -2.42. The predicted molar refractivity (Wildman–Crippen MR) is 154 cm³/mol. The van der Waals surface area contributed by atoms with Gasteiger partial charge in [0.2, 0.25) is 0 Å². The van der Waals surface area contributed by atoms with Crippen LogP contribution in [0.2, 0.25) is 0 Å². The van der Waals surface area contributed by atoms with Gasteiger partial charge in [0, 0.05) is 18.0 Å². The van der Waals surface area contributed by atoms with Crippen LogP contribution in [0.25, 0.3) is 0 Å². The number of allylic oxidation sites excluding steroid dienone is 1. The van der Waals surface area contributed by atoms with Gasteiger partial charge in [0.15, 0.2) is 11.5 Å². The largest absolute Gasteiger partial charge is 0.493 e. The average molecular weight is 555 g/mol. The number of fused-ring (bicyclic) bond motifs is 2. The summed E-state index contributed by atoms with van der Waals surface area (Å²) in [7, 11) is 3.17. The Balaban J connectivity index is 1.53. The van der Waals surface area contributed by atoms with E-state index >= 15 is 0 Å². The highest BCUT2D eigenvalue weighted by Crippen LogP contribution is 2.49. The lowest BCUT2D eigenvalue weighted by atomic mass is 9.76. The number of hydrogen-bond acceptors (Lipinski definition) is 6. The summed E-state index contributed by atoms with van der Waals surface area (Å²) in [5, 5.41) is 5.36. The number of ether oxygens (including phenoxy) is 2. The zero-order valence-electron chi connectivity index (χ0n) is 22.0. The number of anilines is 2. The summed E-state index contributed by atoms with van der Waals surface area (Å²) in [4.78, 5) is 30.5. The monoisotopic (exact) mass is 554 g/mol. The number of amides is 1. The van der Waals surface area contributed by atoms with Crippen molar-refractivity contribution < 1.29 is 23.5 Å². The maximum atomic E-state index is 14.2. The van der Waals surface area contributed by atoms with Gasteiger partial charge in [-0.15, -0.1) is 11.3 Å². The molecule has 0 saturated carbocycles. The molecule has 8 heteroatoms. The average Bonchev–Trinajstić information content (AvgIpc) is 3.47. The molecule has 1 aromatic heterocycles. The fraction of sp³-hybridized carbons (Fsp3) is 0.188. The van der Waals surface area contributed by atoms with Crippen molar-refractivity contribution in [2.45, 2.75) is 18.4 Å². The topological polar surface area (TPSA) is 67.9 Å². The molecule has 1 aliphatic carbocycles. The molecule has 0 saturated heterocycles. The first-order valence-corrected chi connectivity index (χ1v) is 13.8. The van der Waals surface area contributed by atoms with E-state index < -0.39 is 12.0 Å². The van der Waals surface area contributed by atoms with Gasteiger partial charge in [-0.1, -0.05) is 42.5 Å². The fourth-order valence-corrected chi connectivity index (χ4v) is 6.32. The fourth-order valence-electron chi connectivity index (χ4n) is 5.66. The smallest absolute Gasteiger partial charge is 0.269 e. The molecule has 1 N–H and O–H groups in total. The zero-order chi connectivity index (χ0) is 27.8. The van der Waals surface area contributed by atoms with Gasteiger partial charge in [-0.3, -0.25) is 14.5 Å². The molecule has 1 aliphatic heterocycles. The number of rotatable bonds is 5. The second kappa shape index (κ2) is 10.6. The van der Waals surface area contributed by atoms with Crippen molar-refractivity contribution in [1.82, 2.24) is 0 Å². The van der Waals surface area contributed by atoms with E-state index in [0.717, 1.165) is 5.56 Å². The third kappa shape index (κ3) is 4.54. The van der Waals surface area contributed by atoms with E-state index in [-0.39, 0.29) is 29.8 Å². The normalized spacial score (nSPS) is 20.0. The van der Waals surface area contributed by atoms with E-state index in [1.165, 1.54) is 23.5 Å². The number of nitrogens with zero attached hydrogens (tertiary/aromatic N) is 1. The summed E-state index contributed by atoms with van der Waals surface area (Å²) in [6.07, 6.45) is 2.31. The molecular weight excluding hydrogens is 527 g/mol. The SMILES string of the molecule is COc1ccc(C2C=C3Nc4ccccc4N(C(=O)c4cccs4)C(c4ccc(F)cc4)C3C(=O)C2)cc1OC. The van der Waals surface area contributed by atoms with Crippen LogP contribution < -0.4 is 19.7 Å². The molecule has 0 fully saturated rings. The minimum Gasteiger partial charge on any atom is -0.493 e. The molecule has 2 aliphatic rings. The number of ketones is 1. The Morgan fingerprint density at radius 3 is 2.42 bits per heavy atom. The molecule has 0 bridgehead atoms. The quantitative estimate of drug-likeness (QED) is 0.288. The molecular formula is C32H27FN2O4S. The Bertz CT molecular complexity index is 1600. The second-order valence-electron chi connectivity index (χ2n) is 9.78. The van der Waals surface area contributed by atoms with E-state index in [2.05, 4.69) is 11.4 Å². The van der Waals surface area contributed by atoms with Crippen LogP contribution in [0, 0.1) is 11.7 Å². The second-order valence-corrected chi connectivity index (χ2v) is 10.7. The molecule has 6 nitrogen and oxygen atoms in total. The summed E-state index contributed by atoms with van der Waals surface area (Å²) in [5.74, 6) is -0.315. The van der Waals surface area contributed by atoms with Crippen molar-refractivity contribution in [3.05, 3.63) is 118 Å². The van der Waals surface area contributed by atoms with E-state index in [4.69, 9.17) is 9.47 Å². The summed E-state index contributed by atoms with van der Waals surface area (Å²) in [5.41, 5.74) is 3.68. The molecule has 2 heterocycles. The highest BCUT2D eigenvalue weighted by Gasteiger charge is 2.45. The van der Waals surface area contributed by atoms with Crippen LogP contribution in [0.15, 0.2) is 96.0 Å². The number of Topliss-reactive ketones (excluding diaryl/α,β-unsaturated/α-hetero) is 1. The number of thiophene rings is 1. The molecule has 202 valence electrons. The number of carbonyl (C=O) groups excluding carboxylic acids is 2. The number of nitrogens with one attached hydrogen (secondary N) is 1. The zero-order valence-corrected chi connectivity index (χ0v) is 22.8. The van der Waals surface area contributed by atoms with Gasteiger partial charge in [-0.25, -0.2) is 4.39 Å². The number of halogens is 1. The predicted octanol–water partition coefficient (Wildman–Crippen LogP) is 6.97. The Morgan fingerprint density at radius 1 is 0.950 bits per heavy atom. The van der Waals surface area contributed by atoms with Crippen LogP contribution in [-0.2, 0) is 4.79 Å². The Hall–Kier alpha value is -4.43. The third-order valence-electron chi connectivity index (χ3n) is 7.52. The summed E-state index contributed by atoms with van der Waals surface area (Å²) < 4.78 is 24.9. The Kier molecular flexibility index (Phi) is 6.86. The Morgan fingerprint density at radius 2 is 1.70 bits per heavy atom. The van der Waals surface area contributed by atoms with E-state index in [1.54, 1.807) is 37.3 Å². The molecule has 40 heavy (non-hydrogen) atoms. The van der Waals surface area contributed by atoms with E-state index in [0.29, 0.717) is 39.0 Å². The number of hydrogen-bond donors (Lipinski definition) is 1. The van der Waals surface area contributed by atoms with Crippen molar-refractivity contribution >= 4 is 34.4 Å². The van der Waals surface area contributed by atoms with Crippen molar-refractivity contribution in [1.29, 1.82) is 0 Å². The standard InChI is InChI=1S/C32H27FN2O4S/c1-38-27-14-11-20(18-28(27)39-2)21-16-24-30(26(36)17-21)31(19-9-12-22(33)13-10-19)35(32(37)29-8-5-15-40-29)25-7-4-3-6-23(25)34-24/h3-16,18,21,30-31,34H,17H2,1-2H3. The molecule has 0 spiro atoms. The van der Waals surface area contributed by atoms with Crippen LogP contribution in [0.3, 0.4) is 0 Å². The van der Waals surface area contributed by atoms with E-state index in [9.17, 15) is 14.0 Å². The van der Waals surface area contributed by atoms with Crippen LogP contribution in [0.1, 0.15) is 39.2 Å². The van der Waals surface area contributed by atoms with Gasteiger partial charge in [0.1, 0.15) is 11.6 Å². The third-order valence-corrected chi connectivity index (χ3v) is 8.38. The summed E-state index contributed by atoms with van der Waals surface area (Å²) >= 11 is 1.35. The van der Waals surface area contributed by atoms with Crippen molar-refractivity contribution in [3.8, 4) is 11.5 Å². The minimum atomic E-state index is -0.684. The summed E-state index contributed by atoms with van der Waals surface area (Å²) in [6, 6.07) is 22.2. The first-order chi connectivity index (χ1) is 19.5. The minimum absolute atomic E-state index is 0.0177. The van der Waals surface area contributed by atoms with Crippen LogP contribution in [0.4, 0.5) is 15.8 Å². The van der Waals surface area contributed by atoms with E-state index in [1.807, 2.05) is 53.9 Å². The number of carbonyl (C=O) groups is 2. The first-order valence-electron chi connectivity index (χ1n) is 12.9.